The number of rotatable bonds is 4. The van der Waals surface area contributed by atoms with Crippen molar-refractivity contribution in [2.75, 3.05) is 13.2 Å². The highest BCUT2D eigenvalue weighted by Gasteiger charge is 2.32. The van der Waals surface area contributed by atoms with E-state index in [4.69, 9.17) is 4.74 Å². The zero-order chi connectivity index (χ0) is 11.5. The van der Waals surface area contributed by atoms with Crippen molar-refractivity contribution in [2.45, 2.75) is 51.7 Å². The molecule has 2 unspecified atom stereocenters. The molecule has 0 saturated carbocycles. The van der Waals surface area contributed by atoms with Crippen molar-refractivity contribution >= 4 is 5.91 Å². The van der Waals surface area contributed by atoms with Gasteiger partial charge in [-0.1, -0.05) is 0 Å². The molecule has 1 aliphatic heterocycles. The fourth-order valence-electron chi connectivity index (χ4n) is 1.78. The van der Waals surface area contributed by atoms with E-state index in [2.05, 4.69) is 17.6 Å². The van der Waals surface area contributed by atoms with Gasteiger partial charge in [0.15, 0.2) is 0 Å². The molecule has 0 aromatic heterocycles. The van der Waals surface area contributed by atoms with Crippen LogP contribution >= 0.6 is 0 Å². The van der Waals surface area contributed by atoms with Crippen molar-refractivity contribution in [3.8, 4) is 0 Å². The van der Waals surface area contributed by atoms with Gasteiger partial charge in [0.25, 0.3) is 0 Å². The Bertz CT molecular complexity index is 223. The molecule has 1 heterocycles. The zero-order valence-corrected chi connectivity index (χ0v) is 10.1. The summed E-state index contributed by atoms with van der Waals surface area (Å²) < 4.78 is 5.33. The predicted octanol–water partition coefficient (Wildman–Crippen LogP) is 0.668. The highest BCUT2D eigenvalue weighted by atomic mass is 16.5. The van der Waals surface area contributed by atoms with E-state index in [1.165, 1.54) is 0 Å². The fraction of sp³-hybridized carbons (Fsp3) is 0.909. The third-order valence-corrected chi connectivity index (χ3v) is 2.61. The molecule has 4 nitrogen and oxygen atoms in total. The van der Waals surface area contributed by atoms with Gasteiger partial charge < -0.3 is 10.1 Å². The molecule has 15 heavy (non-hydrogen) atoms. The maximum absolute atomic E-state index is 11.7. The normalized spacial score (nSPS) is 28.1. The third kappa shape index (κ3) is 3.80. The minimum Gasteiger partial charge on any atom is -0.379 e. The lowest BCUT2D eigenvalue weighted by molar-refractivity contribution is -0.123. The second kappa shape index (κ2) is 4.94. The lowest BCUT2D eigenvalue weighted by Crippen LogP contribution is -2.54. The lowest BCUT2D eigenvalue weighted by Gasteiger charge is -2.28. The molecule has 1 fully saturated rings. The van der Waals surface area contributed by atoms with Gasteiger partial charge in [-0.3, -0.25) is 10.1 Å². The highest BCUT2D eigenvalue weighted by molar-refractivity contribution is 5.81. The van der Waals surface area contributed by atoms with Gasteiger partial charge in [-0.25, -0.2) is 0 Å². The number of ether oxygens (including phenoxy) is 1. The fourth-order valence-corrected chi connectivity index (χ4v) is 1.78. The van der Waals surface area contributed by atoms with Gasteiger partial charge in [0.05, 0.1) is 12.6 Å². The van der Waals surface area contributed by atoms with Crippen molar-refractivity contribution in [1.29, 1.82) is 0 Å². The first kappa shape index (κ1) is 12.5. The van der Waals surface area contributed by atoms with Crippen molar-refractivity contribution in [2.24, 2.45) is 0 Å². The van der Waals surface area contributed by atoms with Crippen LogP contribution in [0, 0.1) is 0 Å². The van der Waals surface area contributed by atoms with Gasteiger partial charge in [-0.2, -0.15) is 0 Å². The Balaban J connectivity index is 2.40. The molecule has 1 amide bonds. The standard InChI is InChI=1S/C11H22N2O2/c1-8(2)12-10(14)9(3)13-11(4)5-6-15-7-11/h8-9,13H,5-7H2,1-4H3,(H,12,14). The lowest BCUT2D eigenvalue weighted by atomic mass is 10.0. The van der Waals surface area contributed by atoms with Crippen LogP contribution in [0.25, 0.3) is 0 Å². The molecule has 4 heteroatoms. The summed E-state index contributed by atoms with van der Waals surface area (Å²) in [5.41, 5.74) is -0.0479. The molecule has 1 aliphatic rings. The number of amides is 1. The van der Waals surface area contributed by atoms with Crippen molar-refractivity contribution in [3.05, 3.63) is 0 Å². The summed E-state index contributed by atoms with van der Waals surface area (Å²) in [6.45, 7) is 9.38. The van der Waals surface area contributed by atoms with Gasteiger partial charge >= 0.3 is 0 Å². The van der Waals surface area contributed by atoms with Gasteiger partial charge in [0, 0.05) is 18.2 Å². The topological polar surface area (TPSA) is 50.4 Å². The monoisotopic (exact) mass is 214 g/mol. The summed E-state index contributed by atoms with van der Waals surface area (Å²) in [6, 6.07) is 0.0217. The maximum Gasteiger partial charge on any atom is 0.237 e. The molecule has 0 aromatic rings. The van der Waals surface area contributed by atoms with Crippen LogP contribution in [0.4, 0.5) is 0 Å². The summed E-state index contributed by atoms with van der Waals surface area (Å²) in [5.74, 6) is 0.0538. The molecule has 1 rings (SSSR count). The first-order valence-electron chi connectivity index (χ1n) is 5.59. The second-order valence-corrected chi connectivity index (χ2v) is 4.89. The second-order valence-electron chi connectivity index (χ2n) is 4.89. The van der Waals surface area contributed by atoms with Crippen LogP contribution < -0.4 is 10.6 Å². The van der Waals surface area contributed by atoms with Gasteiger partial charge in [-0.05, 0) is 34.1 Å². The molecule has 0 aliphatic carbocycles. The Hall–Kier alpha value is -0.610. The molecule has 1 saturated heterocycles. The highest BCUT2D eigenvalue weighted by Crippen LogP contribution is 2.18. The first-order chi connectivity index (χ1) is 6.93. The summed E-state index contributed by atoms with van der Waals surface area (Å²) in [7, 11) is 0. The third-order valence-electron chi connectivity index (χ3n) is 2.61. The molecule has 0 radical (unpaired) electrons. The van der Waals surface area contributed by atoms with E-state index in [-0.39, 0.29) is 23.5 Å². The first-order valence-corrected chi connectivity index (χ1v) is 5.59. The van der Waals surface area contributed by atoms with Gasteiger partial charge in [0.2, 0.25) is 5.91 Å². The number of hydrogen-bond acceptors (Lipinski definition) is 3. The van der Waals surface area contributed by atoms with E-state index in [9.17, 15) is 4.79 Å². The average Bonchev–Trinajstić information content (AvgIpc) is 2.50. The SMILES string of the molecule is CC(C)NC(=O)C(C)NC1(C)CCOC1. The minimum atomic E-state index is -0.168. The van der Waals surface area contributed by atoms with E-state index in [0.29, 0.717) is 6.61 Å². The molecular weight excluding hydrogens is 192 g/mol. The summed E-state index contributed by atoms with van der Waals surface area (Å²) >= 11 is 0. The van der Waals surface area contributed by atoms with Crippen molar-refractivity contribution in [3.63, 3.8) is 0 Å². The Morgan fingerprint density at radius 1 is 1.40 bits per heavy atom. The molecule has 2 atom stereocenters. The maximum atomic E-state index is 11.7. The van der Waals surface area contributed by atoms with Crippen LogP contribution in [-0.2, 0) is 9.53 Å². The van der Waals surface area contributed by atoms with E-state index in [1.54, 1.807) is 0 Å². The molecule has 2 N–H and O–H groups in total. The Morgan fingerprint density at radius 2 is 2.07 bits per heavy atom. The van der Waals surface area contributed by atoms with Crippen LogP contribution in [0.5, 0.6) is 0 Å². The zero-order valence-electron chi connectivity index (χ0n) is 10.1. The molecule has 0 aromatic carbocycles. The van der Waals surface area contributed by atoms with Gasteiger partial charge in [0.1, 0.15) is 0 Å². The van der Waals surface area contributed by atoms with Crippen LogP contribution in [0.15, 0.2) is 0 Å². The molecule has 88 valence electrons. The van der Waals surface area contributed by atoms with Crippen LogP contribution in [0.1, 0.15) is 34.1 Å². The summed E-state index contributed by atoms with van der Waals surface area (Å²) in [4.78, 5) is 11.7. The Morgan fingerprint density at radius 3 is 2.53 bits per heavy atom. The van der Waals surface area contributed by atoms with Crippen molar-refractivity contribution in [1.82, 2.24) is 10.6 Å². The number of hydrogen-bond donors (Lipinski definition) is 2. The van der Waals surface area contributed by atoms with E-state index in [1.807, 2.05) is 20.8 Å². The number of nitrogens with one attached hydrogen (secondary N) is 2. The Kier molecular flexibility index (Phi) is 4.11. The summed E-state index contributed by atoms with van der Waals surface area (Å²) in [5, 5.41) is 6.21. The quantitative estimate of drug-likeness (QED) is 0.723. The van der Waals surface area contributed by atoms with Crippen LogP contribution in [0.3, 0.4) is 0 Å². The largest absolute Gasteiger partial charge is 0.379 e. The van der Waals surface area contributed by atoms with E-state index >= 15 is 0 Å². The van der Waals surface area contributed by atoms with E-state index in [0.717, 1.165) is 13.0 Å². The number of carbonyl (C=O) groups is 1. The molecule has 0 spiro atoms. The van der Waals surface area contributed by atoms with Crippen molar-refractivity contribution < 1.29 is 9.53 Å². The predicted molar refractivity (Wildman–Crippen MR) is 59.7 cm³/mol. The van der Waals surface area contributed by atoms with Crippen LogP contribution in [-0.4, -0.2) is 36.7 Å². The average molecular weight is 214 g/mol. The molecular formula is C11H22N2O2. The van der Waals surface area contributed by atoms with Crippen LogP contribution in [0.2, 0.25) is 0 Å². The number of carbonyl (C=O) groups excluding carboxylic acids is 1. The minimum absolute atomic E-state index is 0.0479. The van der Waals surface area contributed by atoms with E-state index < -0.39 is 0 Å². The Labute approximate surface area is 91.8 Å². The smallest absolute Gasteiger partial charge is 0.237 e. The van der Waals surface area contributed by atoms with Gasteiger partial charge in [-0.15, -0.1) is 0 Å². The summed E-state index contributed by atoms with van der Waals surface area (Å²) in [6.07, 6.45) is 0.965. The molecule has 0 bridgehead atoms.